The summed E-state index contributed by atoms with van der Waals surface area (Å²) in [5.41, 5.74) is 0. The first-order valence-corrected chi connectivity index (χ1v) is 6.63. The van der Waals surface area contributed by atoms with Crippen LogP contribution in [0.25, 0.3) is 0 Å². The average Bonchev–Trinajstić information content (AvgIpc) is 2.84. The molecule has 2 nitrogen and oxygen atoms in total. The van der Waals surface area contributed by atoms with Gasteiger partial charge in [-0.15, -0.1) is 11.3 Å². The molecule has 0 aliphatic carbocycles. The van der Waals surface area contributed by atoms with Crippen LogP contribution >= 0.6 is 11.3 Å². The maximum Gasteiger partial charge on any atom is 0.443 e. The Hall–Kier alpha value is -0.620. The fourth-order valence-electron chi connectivity index (χ4n) is 2.90. The van der Waals surface area contributed by atoms with E-state index in [1.54, 1.807) is 0 Å². The fourth-order valence-corrected chi connectivity index (χ4v) is 3.80. The Balaban J connectivity index is 1.78. The van der Waals surface area contributed by atoms with E-state index in [-0.39, 0.29) is 5.92 Å². The summed E-state index contributed by atoms with van der Waals surface area (Å²) in [4.78, 5) is 4.31. The minimum Gasteiger partial charge on any atom is -0.311 e. The highest BCUT2D eigenvalue weighted by atomic mass is 32.1. The number of rotatable bonds is 1. The molecule has 0 amide bonds. The Kier molecular flexibility index (Phi) is 2.66. The average molecular weight is 262 g/mol. The third-order valence-electron chi connectivity index (χ3n) is 3.64. The van der Waals surface area contributed by atoms with E-state index in [1.807, 2.05) is 0 Å². The van der Waals surface area contributed by atoms with E-state index >= 15 is 0 Å². The van der Waals surface area contributed by atoms with Gasteiger partial charge in [0.1, 0.15) is 0 Å². The van der Waals surface area contributed by atoms with Gasteiger partial charge >= 0.3 is 6.18 Å². The molecule has 94 valence electrons. The second-order valence-corrected chi connectivity index (χ2v) is 5.93. The van der Waals surface area contributed by atoms with Crippen LogP contribution in [-0.2, 0) is 6.18 Å². The van der Waals surface area contributed by atoms with Crippen LogP contribution in [0.1, 0.15) is 41.5 Å². The van der Waals surface area contributed by atoms with E-state index < -0.39 is 11.2 Å². The molecule has 0 spiro atoms. The molecule has 1 aromatic heterocycles. The van der Waals surface area contributed by atoms with Gasteiger partial charge in [0.05, 0.1) is 0 Å². The summed E-state index contributed by atoms with van der Waals surface area (Å²) in [6.07, 6.45) is 1.35. The van der Waals surface area contributed by atoms with Crippen LogP contribution in [-0.4, -0.2) is 17.1 Å². The Labute approximate surface area is 101 Å². The molecule has 1 aromatic rings. The maximum absolute atomic E-state index is 12.5. The van der Waals surface area contributed by atoms with Gasteiger partial charge in [0, 0.05) is 23.2 Å². The summed E-state index contributed by atoms with van der Waals surface area (Å²) in [5.74, 6) is 0.266. The molecule has 2 saturated heterocycles. The summed E-state index contributed by atoms with van der Waals surface area (Å²) < 4.78 is 37.4. The van der Waals surface area contributed by atoms with Gasteiger partial charge in [-0.1, -0.05) is 0 Å². The Morgan fingerprint density at radius 1 is 1.24 bits per heavy atom. The van der Waals surface area contributed by atoms with Crippen LogP contribution < -0.4 is 5.32 Å². The molecule has 6 heteroatoms. The zero-order chi connectivity index (χ0) is 12.0. The van der Waals surface area contributed by atoms with Gasteiger partial charge in [0.2, 0.25) is 0 Å². The highest BCUT2D eigenvalue weighted by Gasteiger charge is 2.38. The standard InChI is InChI=1S/C11H13F3N2S/c12-11(13,14)10-15-5-9(17-10)6-3-7-1-2-8(4-6)16-7/h5-8,16H,1-4H2. The monoisotopic (exact) mass is 262 g/mol. The number of alkyl halides is 3. The van der Waals surface area contributed by atoms with E-state index in [2.05, 4.69) is 10.3 Å². The lowest BCUT2D eigenvalue weighted by Gasteiger charge is -2.28. The SMILES string of the molecule is FC(F)(F)c1ncc(C2CC3CCC(C2)N3)s1. The molecule has 1 N–H and O–H groups in total. The summed E-state index contributed by atoms with van der Waals surface area (Å²) in [6, 6.07) is 0.991. The molecular weight excluding hydrogens is 249 g/mol. The molecule has 2 fully saturated rings. The van der Waals surface area contributed by atoms with Crippen molar-refractivity contribution in [1.29, 1.82) is 0 Å². The first kappa shape index (κ1) is 11.5. The van der Waals surface area contributed by atoms with Gasteiger partial charge in [-0.3, -0.25) is 0 Å². The van der Waals surface area contributed by atoms with E-state index in [0.29, 0.717) is 12.1 Å². The quantitative estimate of drug-likeness (QED) is 0.841. The zero-order valence-corrected chi connectivity index (χ0v) is 9.94. The molecule has 17 heavy (non-hydrogen) atoms. The smallest absolute Gasteiger partial charge is 0.311 e. The van der Waals surface area contributed by atoms with Crippen molar-refractivity contribution in [2.45, 2.75) is 49.9 Å². The number of aromatic nitrogens is 1. The van der Waals surface area contributed by atoms with Crippen LogP contribution in [0, 0.1) is 0 Å². The maximum atomic E-state index is 12.5. The van der Waals surface area contributed by atoms with Crippen LogP contribution in [0.3, 0.4) is 0 Å². The van der Waals surface area contributed by atoms with Crippen LogP contribution in [0.2, 0.25) is 0 Å². The topological polar surface area (TPSA) is 24.9 Å². The summed E-state index contributed by atoms with van der Waals surface area (Å²) in [7, 11) is 0. The molecule has 0 aromatic carbocycles. The number of nitrogens with one attached hydrogen (secondary N) is 1. The molecule has 2 aliphatic rings. The van der Waals surface area contributed by atoms with Gasteiger partial charge in [0.25, 0.3) is 0 Å². The normalized spacial score (nSPS) is 33.0. The van der Waals surface area contributed by atoms with Crippen molar-refractivity contribution < 1.29 is 13.2 Å². The number of halogens is 3. The number of thiazole rings is 1. The van der Waals surface area contributed by atoms with E-state index in [1.165, 1.54) is 6.20 Å². The lowest BCUT2D eigenvalue weighted by atomic mass is 9.92. The lowest BCUT2D eigenvalue weighted by molar-refractivity contribution is -0.137. The number of hydrogen-bond donors (Lipinski definition) is 1. The molecule has 3 rings (SSSR count). The van der Waals surface area contributed by atoms with Gasteiger partial charge in [-0.2, -0.15) is 13.2 Å². The van der Waals surface area contributed by atoms with Crippen LogP contribution in [0.4, 0.5) is 13.2 Å². The molecule has 2 aliphatic heterocycles. The van der Waals surface area contributed by atoms with Gasteiger partial charge < -0.3 is 5.32 Å². The first-order valence-electron chi connectivity index (χ1n) is 5.81. The highest BCUT2D eigenvalue weighted by molar-refractivity contribution is 7.11. The minimum atomic E-state index is -4.30. The van der Waals surface area contributed by atoms with E-state index in [4.69, 9.17) is 0 Å². The third-order valence-corrected chi connectivity index (χ3v) is 4.85. The summed E-state index contributed by atoms with van der Waals surface area (Å²) >= 11 is 0.814. The van der Waals surface area contributed by atoms with Gasteiger partial charge in [0.15, 0.2) is 5.01 Å². The molecule has 2 bridgehead atoms. The third kappa shape index (κ3) is 2.20. The number of fused-ring (bicyclic) bond motifs is 2. The second-order valence-electron chi connectivity index (χ2n) is 4.87. The van der Waals surface area contributed by atoms with E-state index in [0.717, 1.165) is 41.9 Å². The van der Waals surface area contributed by atoms with Crippen molar-refractivity contribution in [1.82, 2.24) is 10.3 Å². The van der Waals surface area contributed by atoms with E-state index in [9.17, 15) is 13.2 Å². The van der Waals surface area contributed by atoms with Gasteiger partial charge in [-0.05, 0) is 31.6 Å². The van der Waals surface area contributed by atoms with Crippen molar-refractivity contribution in [3.63, 3.8) is 0 Å². The summed E-state index contributed by atoms with van der Waals surface area (Å²) in [6.45, 7) is 0. The van der Waals surface area contributed by atoms with Crippen molar-refractivity contribution >= 4 is 11.3 Å². The summed E-state index contributed by atoms with van der Waals surface area (Å²) in [5, 5.41) is 2.78. The van der Waals surface area contributed by atoms with Crippen molar-refractivity contribution in [3.8, 4) is 0 Å². The van der Waals surface area contributed by atoms with Gasteiger partial charge in [-0.25, -0.2) is 4.98 Å². The molecule has 0 saturated carbocycles. The number of piperidine rings is 1. The van der Waals surface area contributed by atoms with Crippen molar-refractivity contribution in [3.05, 3.63) is 16.1 Å². The fraction of sp³-hybridized carbons (Fsp3) is 0.727. The highest BCUT2D eigenvalue weighted by Crippen LogP contribution is 2.41. The predicted molar refractivity (Wildman–Crippen MR) is 59.0 cm³/mol. The largest absolute Gasteiger partial charge is 0.443 e. The zero-order valence-electron chi connectivity index (χ0n) is 9.13. The Morgan fingerprint density at radius 3 is 2.41 bits per heavy atom. The Bertz CT molecular complexity index is 403. The molecule has 2 atom stereocenters. The lowest BCUT2D eigenvalue weighted by Crippen LogP contribution is -2.36. The predicted octanol–water partition coefficient (Wildman–Crippen LogP) is 3.16. The molecule has 3 heterocycles. The Morgan fingerprint density at radius 2 is 1.88 bits per heavy atom. The minimum absolute atomic E-state index is 0.266. The molecule has 2 unspecified atom stereocenters. The number of nitrogens with zero attached hydrogens (tertiary/aromatic N) is 1. The molecule has 0 radical (unpaired) electrons. The first-order chi connectivity index (χ1) is 8.02. The number of hydrogen-bond acceptors (Lipinski definition) is 3. The van der Waals surface area contributed by atoms with Crippen molar-refractivity contribution in [2.24, 2.45) is 0 Å². The van der Waals surface area contributed by atoms with Crippen LogP contribution in [0.15, 0.2) is 6.20 Å². The second kappa shape index (κ2) is 3.95. The van der Waals surface area contributed by atoms with Crippen LogP contribution in [0.5, 0.6) is 0 Å². The molecular formula is C11H13F3N2S. The van der Waals surface area contributed by atoms with Crippen molar-refractivity contribution in [2.75, 3.05) is 0 Å².